The van der Waals surface area contributed by atoms with Crippen LogP contribution in [0.5, 0.6) is 0 Å². The highest BCUT2D eigenvalue weighted by molar-refractivity contribution is 4.91. The standard InChI is InChI=1S/C10H20N2/c1-4-7-12-8-5-6-10(2,9-12)11-3/h4,11H,1,5-9H2,2-3H3. The first-order valence-corrected chi connectivity index (χ1v) is 4.72. The van der Waals surface area contributed by atoms with Crippen molar-refractivity contribution < 1.29 is 0 Å². The van der Waals surface area contributed by atoms with E-state index in [0.717, 1.165) is 13.1 Å². The lowest BCUT2D eigenvalue weighted by Crippen LogP contribution is -2.53. The summed E-state index contributed by atoms with van der Waals surface area (Å²) in [6, 6.07) is 0. The lowest BCUT2D eigenvalue weighted by Gasteiger charge is -2.40. The fourth-order valence-corrected chi connectivity index (χ4v) is 1.89. The maximum atomic E-state index is 3.77. The molecule has 1 aliphatic heterocycles. The largest absolute Gasteiger partial charge is 0.313 e. The fraction of sp³-hybridized carbons (Fsp3) is 0.800. The van der Waals surface area contributed by atoms with E-state index < -0.39 is 0 Å². The van der Waals surface area contributed by atoms with Gasteiger partial charge in [-0.15, -0.1) is 6.58 Å². The minimum Gasteiger partial charge on any atom is -0.313 e. The number of hydrogen-bond donors (Lipinski definition) is 1. The molecule has 70 valence electrons. The molecule has 0 amide bonds. The zero-order chi connectivity index (χ0) is 9.03. The SMILES string of the molecule is C=CCN1CCCC(C)(NC)C1. The maximum absolute atomic E-state index is 3.77. The molecule has 0 bridgehead atoms. The number of likely N-dealkylation sites (tertiary alicyclic amines) is 1. The first kappa shape index (κ1) is 9.75. The minimum atomic E-state index is 0.321. The third-order valence-corrected chi connectivity index (χ3v) is 2.77. The highest BCUT2D eigenvalue weighted by Crippen LogP contribution is 2.19. The Morgan fingerprint density at radius 3 is 3.00 bits per heavy atom. The summed E-state index contributed by atoms with van der Waals surface area (Å²) in [5, 5.41) is 3.39. The van der Waals surface area contributed by atoms with Crippen molar-refractivity contribution in [2.24, 2.45) is 0 Å². The van der Waals surface area contributed by atoms with Crippen LogP contribution in [-0.4, -0.2) is 37.1 Å². The van der Waals surface area contributed by atoms with Gasteiger partial charge < -0.3 is 5.32 Å². The summed E-state index contributed by atoms with van der Waals surface area (Å²) in [7, 11) is 2.05. The van der Waals surface area contributed by atoms with E-state index in [0.29, 0.717) is 5.54 Å². The van der Waals surface area contributed by atoms with Gasteiger partial charge in [0.05, 0.1) is 0 Å². The van der Waals surface area contributed by atoms with Crippen LogP contribution < -0.4 is 5.32 Å². The predicted octanol–water partition coefficient (Wildman–Crippen LogP) is 1.25. The van der Waals surface area contributed by atoms with Gasteiger partial charge in [0.2, 0.25) is 0 Å². The fourth-order valence-electron chi connectivity index (χ4n) is 1.89. The van der Waals surface area contributed by atoms with Gasteiger partial charge in [-0.1, -0.05) is 6.08 Å². The molecule has 1 atom stereocenters. The van der Waals surface area contributed by atoms with E-state index in [1.54, 1.807) is 0 Å². The minimum absolute atomic E-state index is 0.321. The molecular weight excluding hydrogens is 148 g/mol. The Balaban J connectivity index is 2.44. The van der Waals surface area contributed by atoms with Gasteiger partial charge in [0, 0.05) is 18.6 Å². The van der Waals surface area contributed by atoms with Crippen molar-refractivity contribution >= 4 is 0 Å². The molecule has 2 heteroatoms. The van der Waals surface area contributed by atoms with Crippen LogP contribution in [0.25, 0.3) is 0 Å². The normalized spacial score (nSPS) is 31.8. The summed E-state index contributed by atoms with van der Waals surface area (Å²) in [5.41, 5.74) is 0.321. The smallest absolute Gasteiger partial charge is 0.0278 e. The predicted molar refractivity (Wildman–Crippen MR) is 53.3 cm³/mol. The molecular formula is C10H20N2. The van der Waals surface area contributed by atoms with Crippen LogP contribution in [0.4, 0.5) is 0 Å². The molecule has 1 aliphatic rings. The quantitative estimate of drug-likeness (QED) is 0.638. The summed E-state index contributed by atoms with van der Waals surface area (Å²) in [5.74, 6) is 0. The summed E-state index contributed by atoms with van der Waals surface area (Å²) < 4.78 is 0. The molecule has 1 fully saturated rings. The van der Waals surface area contributed by atoms with Crippen molar-refractivity contribution in [1.82, 2.24) is 10.2 Å². The van der Waals surface area contributed by atoms with Crippen molar-refractivity contribution in [2.45, 2.75) is 25.3 Å². The first-order valence-electron chi connectivity index (χ1n) is 4.72. The van der Waals surface area contributed by atoms with Crippen molar-refractivity contribution in [3.63, 3.8) is 0 Å². The third-order valence-electron chi connectivity index (χ3n) is 2.77. The third kappa shape index (κ3) is 2.32. The molecule has 2 nitrogen and oxygen atoms in total. The van der Waals surface area contributed by atoms with Gasteiger partial charge in [0.1, 0.15) is 0 Å². The lowest BCUT2D eigenvalue weighted by atomic mass is 9.91. The molecule has 1 saturated heterocycles. The number of likely N-dealkylation sites (N-methyl/N-ethyl adjacent to an activating group) is 1. The Hall–Kier alpha value is -0.340. The van der Waals surface area contributed by atoms with Crippen molar-refractivity contribution in [3.8, 4) is 0 Å². The second-order valence-electron chi connectivity index (χ2n) is 3.94. The summed E-state index contributed by atoms with van der Waals surface area (Å²) in [4.78, 5) is 2.45. The van der Waals surface area contributed by atoms with Gasteiger partial charge in [-0.3, -0.25) is 4.90 Å². The van der Waals surface area contributed by atoms with Crippen LogP contribution in [0, 0.1) is 0 Å². The van der Waals surface area contributed by atoms with Crippen molar-refractivity contribution in [3.05, 3.63) is 12.7 Å². The van der Waals surface area contributed by atoms with Gasteiger partial charge in [-0.05, 0) is 33.4 Å². The highest BCUT2D eigenvalue weighted by Gasteiger charge is 2.28. The molecule has 0 aromatic rings. The van der Waals surface area contributed by atoms with Crippen LogP contribution in [-0.2, 0) is 0 Å². The Morgan fingerprint density at radius 1 is 1.67 bits per heavy atom. The van der Waals surface area contributed by atoms with E-state index in [1.807, 2.05) is 6.08 Å². The number of nitrogens with zero attached hydrogens (tertiary/aromatic N) is 1. The van der Waals surface area contributed by atoms with Crippen molar-refractivity contribution in [1.29, 1.82) is 0 Å². The molecule has 1 N–H and O–H groups in total. The number of piperidine rings is 1. The van der Waals surface area contributed by atoms with E-state index in [-0.39, 0.29) is 0 Å². The lowest BCUT2D eigenvalue weighted by molar-refractivity contribution is 0.152. The molecule has 0 aromatic carbocycles. The number of nitrogens with one attached hydrogen (secondary N) is 1. The number of rotatable bonds is 3. The van der Waals surface area contributed by atoms with Crippen LogP contribution in [0.1, 0.15) is 19.8 Å². The van der Waals surface area contributed by atoms with E-state index in [1.165, 1.54) is 19.4 Å². The van der Waals surface area contributed by atoms with Crippen LogP contribution in [0.3, 0.4) is 0 Å². The average molecular weight is 168 g/mol. The Labute approximate surface area is 75.6 Å². The van der Waals surface area contributed by atoms with Crippen LogP contribution >= 0.6 is 0 Å². The maximum Gasteiger partial charge on any atom is 0.0278 e. The van der Waals surface area contributed by atoms with E-state index in [4.69, 9.17) is 0 Å². The summed E-state index contributed by atoms with van der Waals surface area (Å²) in [6.45, 7) is 9.46. The zero-order valence-electron chi connectivity index (χ0n) is 8.27. The van der Waals surface area contributed by atoms with E-state index in [9.17, 15) is 0 Å². The molecule has 0 saturated carbocycles. The van der Waals surface area contributed by atoms with Gasteiger partial charge in [0.15, 0.2) is 0 Å². The van der Waals surface area contributed by atoms with Crippen LogP contribution in [0.15, 0.2) is 12.7 Å². The molecule has 0 aromatic heterocycles. The Bertz CT molecular complexity index is 156. The van der Waals surface area contributed by atoms with Gasteiger partial charge in [-0.2, -0.15) is 0 Å². The molecule has 0 radical (unpaired) electrons. The topological polar surface area (TPSA) is 15.3 Å². The second-order valence-corrected chi connectivity index (χ2v) is 3.94. The van der Waals surface area contributed by atoms with Gasteiger partial charge in [0.25, 0.3) is 0 Å². The molecule has 12 heavy (non-hydrogen) atoms. The molecule has 0 aliphatic carbocycles. The van der Waals surface area contributed by atoms with E-state index in [2.05, 4.69) is 30.8 Å². The highest BCUT2D eigenvalue weighted by atomic mass is 15.2. The average Bonchev–Trinajstić information content (AvgIpc) is 2.05. The van der Waals surface area contributed by atoms with Crippen LogP contribution in [0.2, 0.25) is 0 Å². The first-order chi connectivity index (χ1) is 5.70. The summed E-state index contributed by atoms with van der Waals surface area (Å²) in [6.07, 6.45) is 4.57. The molecule has 1 unspecified atom stereocenters. The Kier molecular flexibility index (Phi) is 3.29. The second kappa shape index (κ2) is 4.06. The number of hydrogen-bond acceptors (Lipinski definition) is 2. The Morgan fingerprint density at radius 2 is 2.42 bits per heavy atom. The zero-order valence-corrected chi connectivity index (χ0v) is 8.27. The molecule has 1 heterocycles. The van der Waals surface area contributed by atoms with Gasteiger partial charge in [-0.25, -0.2) is 0 Å². The monoisotopic (exact) mass is 168 g/mol. The molecule has 0 spiro atoms. The summed E-state index contributed by atoms with van der Waals surface area (Å²) >= 11 is 0. The van der Waals surface area contributed by atoms with Crippen molar-refractivity contribution in [2.75, 3.05) is 26.7 Å². The van der Waals surface area contributed by atoms with E-state index >= 15 is 0 Å². The van der Waals surface area contributed by atoms with Gasteiger partial charge >= 0.3 is 0 Å². The molecule has 1 rings (SSSR count).